The summed E-state index contributed by atoms with van der Waals surface area (Å²) in [4.78, 5) is 2.20. The molecular formula is C14H23FN2. The Morgan fingerprint density at radius 2 is 2.06 bits per heavy atom. The molecule has 0 radical (unpaired) electrons. The molecule has 1 unspecified atom stereocenters. The molecule has 0 saturated carbocycles. The summed E-state index contributed by atoms with van der Waals surface area (Å²) in [6.45, 7) is 7.91. The Balaban J connectivity index is 3.05. The SMILES string of the molecule is CCCCN(CC)c1cccc(F)c1C(C)N. The fourth-order valence-electron chi connectivity index (χ4n) is 2.05. The van der Waals surface area contributed by atoms with E-state index in [2.05, 4.69) is 18.7 Å². The third-order valence-electron chi connectivity index (χ3n) is 2.99. The highest BCUT2D eigenvalue weighted by Gasteiger charge is 2.16. The highest BCUT2D eigenvalue weighted by molar-refractivity contribution is 5.55. The van der Waals surface area contributed by atoms with Crippen molar-refractivity contribution >= 4 is 5.69 Å². The van der Waals surface area contributed by atoms with Crippen molar-refractivity contribution in [1.29, 1.82) is 0 Å². The normalized spacial score (nSPS) is 12.5. The second kappa shape index (κ2) is 6.60. The largest absolute Gasteiger partial charge is 0.371 e. The number of nitrogens with zero attached hydrogens (tertiary/aromatic N) is 1. The minimum absolute atomic E-state index is 0.201. The Kier molecular flexibility index (Phi) is 5.42. The van der Waals surface area contributed by atoms with Gasteiger partial charge in [0.25, 0.3) is 0 Å². The van der Waals surface area contributed by atoms with Gasteiger partial charge >= 0.3 is 0 Å². The van der Waals surface area contributed by atoms with Crippen LogP contribution in [0.2, 0.25) is 0 Å². The van der Waals surface area contributed by atoms with Crippen molar-refractivity contribution in [3.05, 3.63) is 29.6 Å². The predicted molar refractivity (Wildman–Crippen MR) is 71.8 cm³/mol. The van der Waals surface area contributed by atoms with Gasteiger partial charge in [0.1, 0.15) is 5.82 Å². The minimum Gasteiger partial charge on any atom is -0.371 e. The summed E-state index contributed by atoms with van der Waals surface area (Å²) < 4.78 is 13.8. The van der Waals surface area contributed by atoms with Crippen LogP contribution in [0.1, 0.15) is 45.2 Å². The van der Waals surface area contributed by atoms with Crippen LogP contribution in [0.5, 0.6) is 0 Å². The molecule has 1 rings (SSSR count). The van der Waals surface area contributed by atoms with E-state index in [0.717, 1.165) is 31.6 Å². The standard InChI is InChI=1S/C14H23FN2/c1-4-6-10-17(5-2)13-9-7-8-12(15)14(13)11(3)16/h7-9,11H,4-6,10,16H2,1-3H3. The molecule has 0 aromatic heterocycles. The van der Waals surface area contributed by atoms with Crippen molar-refractivity contribution in [2.45, 2.75) is 39.7 Å². The Morgan fingerprint density at radius 3 is 2.59 bits per heavy atom. The van der Waals surface area contributed by atoms with Crippen LogP contribution < -0.4 is 10.6 Å². The van der Waals surface area contributed by atoms with E-state index in [1.807, 2.05) is 13.0 Å². The molecule has 0 saturated heterocycles. The molecule has 0 aliphatic heterocycles. The average molecular weight is 238 g/mol. The van der Waals surface area contributed by atoms with Crippen LogP contribution >= 0.6 is 0 Å². The van der Waals surface area contributed by atoms with E-state index < -0.39 is 0 Å². The zero-order chi connectivity index (χ0) is 12.8. The maximum atomic E-state index is 13.8. The molecule has 1 aromatic rings. The number of nitrogens with two attached hydrogens (primary N) is 1. The molecule has 0 heterocycles. The summed E-state index contributed by atoms with van der Waals surface area (Å²) in [7, 11) is 0. The van der Waals surface area contributed by atoms with E-state index in [4.69, 9.17) is 5.73 Å². The van der Waals surface area contributed by atoms with Crippen molar-refractivity contribution in [3.63, 3.8) is 0 Å². The minimum atomic E-state index is -0.276. The van der Waals surface area contributed by atoms with Crippen molar-refractivity contribution in [1.82, 2.24) is 0 Å². The maximum absolute atomic E-state index is 13.8. The molecule has 0 aliphatic rings. The molecule has 1 atom stereocenters. The first-order valence-electron chi connectivity index (χ1n) is 6.40. The van der Waals surface area contributed by atoms with E-state index in [1.165, 1.54) is 6.07 Å². The van der Waals surface area contributed by atoms with Gasteiger partial charge in [-0.05, 0) is 32.4 Å². The van der Waals surface area contributed by atoms with Gasteiger partial charge in [-0.2, -0.15) is 0 Å². The molecule has 2 N–H and O–H groups in total. The monoisotopic (exact) mass is 238 g/mol. The molecule has 0 aliphatic carbocycles. The lowest BCUT2D eigenvalue weighted by Crippen LogP contribution is -2.26. The van der Waals surface area contributed by atoms with E-state index in [1.54, 1.807) is 6.07 Å². The van der Waals surface area contributed by atoms with Gasteiger partial charge in [0.15, 0.2) is 0 Å². The summed E-state index contributed by atoms with van der Waals surface area (Å²) >= 11 is 0. The summed E-state index contributed by atoms with van der Waals surface area (Å²) in [5, 5.41) is 0. The zero-order valence-corrected chi connectivity index (χ0v) is 11.0. The fraction of sp³-hybridized carbons (Fsp3) is 0.571. The molecule has 0 bridgehead atoms. The van der Waals surface area contributed by atoms with E-state index in [9.17, 15) is 4.39 Å². The molecule has 17 heavy (non-hydrogen) atoms. The van der Waals surface area contributed by atoms with Crippen LogP contribution in [0, 0.1) is 5.82 Å². The first-order chi connectivity index (χ1) is 8.11. The number of hydrogen-bond acceptors (Lipinski definition) is 2. The Morgan fingerprint density at radius 1 is 1.35 bits per heavy atom. The second-order valence-electron chi connectivity index (χ2n) is 4.39. The lowest BCUT2D eigenvalue weighted by atomic mass is 10.0. The smallest absolute Gasteiger partial charge is 0.130 e. The van der Waals surface area contributed by atoms with E-state index >= 15 is 0 Å². The second-order valence-corrected chi connectivity index (χ2v) is 4.39. The number of hydrogen-bond donors (Lipinski definition) is 1. The third kappa shape index (κ3) is 3.43. The summed E-state index contributed by atoms with van der Waals surface area (Å²) in [5.41, 5.74) is 7.44. The quantitative estimate of drug-likeness (QED) is 0.822. The zero-order valence-electron chi connectivity index (χ0n) is 11.0. The van der Waals surface area contributed by atoms with Gasteiger partial charge < -0.3 is 10.6 Å². The topological polar surface area (TPSA) is 29.3 Å². The molecule has 96 valence electrons. The average Bonchev–Trinajstić information content (AvgIpc) is 2.29. The fourth-order valence-corrected chi connectivity index (χ4v) is 2.05. The molecule has 2 nitrogen and oxygen atoms in total. The van der Waals surface area contributed by atoms with Gasteiger partial charge in [0.2, 0.25) is 0 Å². The van der Waals surface area contributed by atoms with Crippen molar-refractivity contribution in [3.8, 4) is 0 Å². The molecule has 0 spiro atoms. The van der Waals surface area contributed by atoms with Crippen LogP contribution in [-0.4, -0.2) is 13.1 Å². The van der Waals surface area contributed by atoms with Crippen LogP contribution in [0.3, 0.4) is 0 Å². The van der Waals surface area contributed by atoms with Crippen LogP contribution in [-0.2, 0) is 0 Å². The lowest BCUT2D eigenvalue weighted by Gasteiger charge is -2.27. The number of anilines is 1. The summed E-state index contributed by atoms with van der Waals surface area (Å²) in [6.07, 6.45) is 2.25. The van der Waals surface area contributed by atoms with Crippen molar-refractivity contribution < 1.29 is 4.39 Å². The van der Waals surface area contributed by atoms with Gasteiger partial charge in [-0.15, -0.1) is 0 Å². The molecule has 0 fully saturated rings. The van der Waals surface area contributed by atoms with E-state index in [0.29, 0.717) is 5.56 Å². The maximum Gasteiger partial charge on any atom is 0.130 e. The first-order valence-corrected chi connectivity index (χ1v) is 6.40. The predicted octanol–water partition coefficient (Wildman–Crippen LogP) is 3.47. The number of halogens is 1. The van der Waals surface area contributed by atoms with Crippen LogP contribution in [0.4, 0.5) is 10.1 Å². The Bertz CT molecular complexity index is 350. The van der Waals surface area contributed by atoms with Gasteiger partial charge in [-0.1, -0.05) is 19.4 Å². The highest BCUT2D eigenvalue weighted by Crippen LogP contribution is 2.28. The van der Waals surface area contributed by atoms with E-state index in [-0.39, 0.29) is 11.9 Å². The molecular weight excluding hydrogens is 215 g/mol. The molecule has 1 aromatic carbocycles. The number of unbranched alkanes of at least 4 members (excludes halogenated alkanes) is 1. The number of rotatable bonds is 6. The van der Waals surface area contributed by atoms with Crippen molar-refractivity contribution in [2.75, 3.05) is 18.0 Å². The van der Waals surface area contributed by atoms with Crippen LogP contribution in [0.15, 0.2) is 18.2 Å². The lowest BCUT2D eigenvalue weighted by molar-refractivity contribution is 0.590. The highest BCUT2D eigenvalue weighted by atomic mass is 19.1. The molecule has 0 amide bonds. The Labute approximate surface area is 104 Å². The van der Waals surface area contributed by atoms with Gasteiger partial charge in [0.05, 0.1) is 0 Å². The van der Waals surface area contributed by atoms with Crippen molar-refractivity contribution in [2.24, 2.45) is 5.73 Å². The first kappa shape index (κ1) is 14.0. The third-order valence-corrected chi connectivity index (χ3v) is 2.99. The van der Waals surface area contributed by atoms with Gasteiger partial charge in [-0.3, -0.25) is 0 Å². The van der Waals surface area contributed by atoms with Crippen LogP contribution in [0.25, 0.3) is 0 Å². The Hall–Kier alpha value is -1.09. The van der Waals surface area contributed by atoms with Gasteiger partial charge in [0, 0.05) is 30.4 Å². The molecule has 3 heteroatoms. The summed E-state index contributed by atoms with van der Waals surface area (Å²) in [6, 6.07) is 4.92. The number of benzene rings is 1. The summed E-state index contributed by atoms with van der Waals surface area (Å²) in [5.74, 6) is -0.201. The van der Waals surface area contributed by atoms with Gasteiger partial charge in [-0.25, -0.2) is 4.39 Å².